The van der Waals surface area contributed by atoms with E-state index in [0.717, 1.165) is 92.7 Å². The summed E-state index contributed by atoms with van der Waals surface area (Å²) in [5.74, 6) is 8.26. The predicted octanol–water partition coefficient (Wildman–Crippen LogP) is 6.82. The molecule has 6 fully saturated rings. The molecule has 0 radical (unpaired) electrons. The SMILES string of the molecule is CC(C)(C)c1ccc(N2C(c3ccc4c(c3)N(N)C([C@@H]3CCCN3C=O)N4)CC[C@@H]2c2ccc3nc([C@@H]4NCCCN4C(=O)[C@]45CCC6CC(=O)C4C65C)[nH]c3c2)cc1. The molecule has 3 saturated heterocycles. The summed E-state index contributed by atoms with van der Waals surface area (Å²) >= 11 is 0. The number of hydrogen-bond donors (Lipinski definition) is 4. The van der Waals surface area contributed by atoms with Crippen LogP contribution in [0.1, 0.15) is 120 Å². The van der Waals surface area contributed by atoms with Crippen molar-refractivity contribution in [3.05, 3.63) is 83.2 Å². The summed E-state index contributed by atoms with van der Waals surface area (Å²) in [7, 11) is 0. The van der Waals surface area contributed by atoms with Gasteiger partial charge in [-0.05, 0) is 121 Å². The Labute approximate surface area is 346 Å². The topological polar surface area (TPSA) is 143 Å². The van der Waals surface area contributed by atoms with Crippen LogP contribution in [0.25, 0.3) is 11.0 Å². The van der Waals surface area contributed by atoms with Crippen LogP contribution in [0.3, 0.4) is 0 Å². The van der Waals surface area contributed by atoms with Crippen molar-refractivity contribution >= 4 is 46.2 Å². The Kier molecular flexibility index (Phi) is 8.19. The van der Waals surface area contributed by atoms with E-state index in [0.29, 0.717) is 24.7 Å². The smallest absolute Gasteiger partial charge is 0.231 e. The second kappa shape index (κ2) is 13.0. The van der Waals surface area contributed by atoms with Gasteiger partial charge in [0.2, 0.25) is 12.3 Å². The van der Waals surface area contributed by atoms with Gasteiger partial charge in [0.1, 0.15) is 23.9 Å². The second-order valence-corrected chi connectivity index (χ2v) is 19.8. The normalized spacial score (nSPS) is 33.5. The minimum atomic E-state index is -0.538. The van der Waals surface area contributed by atoms with Crippen molar-refractivity contribution in [2.24, 2.45) is 28.5 Å². The van der Waals surface area contributed by atoms with Crippen molar-refractivity contribution in [1.82, 2.24) is 25.1 Å². The molecule has 3 saturated carbocycles. The molecule has 59 heavy (non-hydrogen) atoms. The lowest BCUT2D eigenvalue weighted by molar-refractivity contribution is -0.145. The van der Waals surface area contributed by atoms with E-state index in [1.807, 2.05) is 14.8 Å². The number of nitrogens with two attached hydrogens (primary N) is 1. The first-order valence-corrected chi connectivity index (χ1v) is 22.0. The Balaban J connectivity index is 0.906. The number of fused-ring (bicyclic) bond motifs is 3. The first-order valence-electron chi connectivity index (χ1n) is 22.0. The van der Waals surface area contributed by atoms with Gasteiger partial charge in [0.25, 0.3) is 0 Å². The van der Waals surface area contributed by atoms with Crippen LogP contribution in [-0.4, -0.2) is 69.7 Å². The fourth-order valence-corrected chi connectivity index (χ4v) is 13.0. The number of imidazole rings is 1. The maximum absolute atomic E-state index is 14.6. The van der Waals surface area contributed by atoms with Gasteiger partial charge >= 0.3 is 0 Å². The molecule has 5 unspecified atom stereocenters. The molecule has 3 aromatic carbocycles. The highest BCUT2D eigenvalue weighted by atomic mass is 16.2. The fraction of sp³-hybridized carbons (Fsp3) is 0.532. The zero-order valence-corrected chi connectivity index (χ0v) is 34.7. The van der Waals surface area contributed by atoms with Gasteiger partial charge in [-0.15, -0.1) is 0 Å². The third-order valence-corrected chi connectivity index (χ3v) is 16.1. The molecule has 308 valence electrons. The molecule has 7 aliphatic rings. The lowest BCUT2D eigenvalue weighted by atomic mass is 9.87. The monoisotopic (exact) mass is 795 g/mol. The molecule has 0 spiro atoms. The van der Waals surface area contributed by atoms with E-state index in [2.05, 4.69) is 109 Å². The first-order chi connectivity index (χ1) is 28.4. The molecule has 12 heteroatoms. The summed E-state index contributed by atoms with van der Waals surface area (Å²) in [4.78, 5) is 54.7. The number of carbonyl (C=O) groups is 3. The van der Waals surface area contributed by atoms with Crippen molar-refractivity contribution in [2.75, 3.05) is 34.9 Å². The first kappa shape index (κ1) is 37.1. The van der Waals surface area contributed by atoms with Crippen LogP contribution < -0.4 is 26.4 Å². The Bertz CT molecular complexity index is 2370. The van der Waals surface area contributed by atoms with E-state index in [4.69, 9.17) is 10.8 Å². The molecule has 4 aliphatic heterocycles. The van der Waals surface area contributed by atoms with Crippen LogP contribution in [-0.2, 0) is 19.8 Å². The van der Waals surface area contributed by atoms with E-state index >= 15 is 0 Å². The number of hydrogen-bond acceptors (Lipinski definition) is 9. The Hall–Kier alpha value is -4.94. The molecule has 4 aromatic rings. The molecule has 1 aromatic heterocycles. The summed E-state index contributed by atoms with van der Waals surface area (Å²) < 4.78 is 0. The lowest BCUT2D eigenvalue weighted by Gasteiger charge is -2.38. The highest BCUT2D eigenvalue weighted by Gasteiger charge is 2.88. The van der Waals surface area contributed by atoms with Gasteiger partial charge in [-0.25, -0.2) is 10.8 Å². The van der Waals surface area contributed by atoms with Crippen LogP contribution in [0.5, 0.6) is 0 Å². The van der Waals surface area contributed by atoms with Crippen molar-refractivity contribution in [1.29, 1.82) is 0 Å². The van der Waals surface area contributed by atoms with Gasteiger partial charge in [0.05, 0.1) is 45.9 Å². The number of likely N-dealkylation sites (tertiary alicyclic amines) is 1. The van der Waals surface area contributed by atoms with Crippen LogP contribution in [0.2, 0.25) is 0 Å². The van der Waals surface area contributed by atoms with Gasteiger partial charge in [-0.2, -0.15) is 0 Å². The largest absolute Gasteiger partial charge is 0.361 e. The van der Waals surface area contributed by atoms with Crippen LogP contribution in [0.4, 0.5) is 17.1 Å². The number of nitrogens with one attached hydrogen (secondary N) is 3. The summed E-state index contributed by atoms with van der Waals surface area (Å²) in [6.07, 6.45) is 7.58. The Morgan fingerprint density at radius 2 is 1.71 bits per heavy atom. The summed E-state index contributed by atoms with van der Waals surface area (Å²) in [6, 6.07) is 22.6. The van der Waals surface area contributed by atoms with Crippen molar-refractivity contribution in [3.63, 3.8) is 0 Å². The summed E-state index contributed by atoms with van der Waals surface area (Å²) in [5.41, 5.74) is 8.02. The molecule has 2 amide bonds. The average Bonchev–Trinajstić information content (AvgIpc) is 3.97. The second-order valence-electron chi connectivity index (χ2n) is 19.8. The van der Waals surface area contributed by atoms with E-state index in [1.165, 1.54) is 22.4 Å². The third-order valence-electron chi connectivity index (χ3n) is 16.1. The van der Waals surface area contributed by atoms with Gasteiger partial charge < -0.3 is 25.0 Å². The molecule has 9 atom stereocenters. The number of anilines is 3. The molecule has 5 N–H and O–H groups in total. The van der Waals surface area contributed by atoms with E-state index < -0.39 is 5.41 Å². The van der Waals surface area contributed by atoms with Gasteiger partial charge in [0.15, 0.2) is 0 Å². The number of H-pyrrole nitrogens is 1. The number of aromatic amines is 1. The number of amides is 2. The van der Waals surface area contributed by atoms with Crippen LogP contribution >= 0.6 is 0 Å². The summed E-state index contributed by atoms with van der Waals surface area (Å²) in [5, 5.41) is 9.08. The van der Waals surface area contributed by atoms with Crippen molar-refractivity contribution in [2.45, 2.75) is 115 Å². The molecule has 12 nitrogen and oxygen atoms in total. The quantitative estimate of drug-likeness (QED) is 0.117. The number of nitrogens with zero attached hydrogens (tertiary/aromatic N) is 5. The minimum absolute atomic E-state index is 0.0270. The van der Waals surface area contributed by atoms with Crippen LogP contribution in [0, 0.1) is 22.7 Å². The molecule has 0 bridgehead atoms. The summed E-state index contributed by atoms with van der Waals surface area (Å²) in [6.45, 7) is 11.2. The Morgan fingerprint density at radius 3 is 2.46 bits per heavy atom. The Morgan fingerprint density at radius 1 is 0.949 bits per heavy atom. The number of Topliss-reactive ketones (excluding diaryl/α,β-unsaturated/α-hetero) is 1. The molecule has 5 heterocycles. The molecule has 11 rings (SSSR count). The number of hydrazine groups is 1. The maximum atomic E-state index is 14.6. The van der Waals surface area contributed by atoms with Gasteiger partial charge in [0, 0.05) is 31.1 Å². The number of benzene rings is 3. The predicted molar refractivity (Wildman–Crippen MR) is 228 cm³/mol. The van der Waals surface area contributed by atoms with Crippen molar-refractivity contribution < 1.29 is 14.4 Å². The fourth-order valence-electron chi connectivity index (χ4n) is 13.0. The number of aromatic nitrogens is 2. The highest BCUT2D eigenvalue weighted by molar-refractivity contribution is 6.02. The number of ketones is 1. The zero-order chi connectivity index (χ0) is 40.6. The lowest BCUT2D eigenvalue weighted by Crippen LogP contribution is -2.53. The van der Waals surface area contributed by atoms with E-state index in [1.54, 1.807) is 0 Å². The maximum Gasteiger partial charge on any atom is 0.231 e. The third kappa shape index (κ3) is 5.27. The molecular formula is C47H57N9O3. The van der Waals surface area contributed by atoms with Gasteiger partial charge in [-0.1, -0.05) is 52.0 Å². The van der Waals surface area contributed by atoms with E-state index in [9.17, 15) is 14.4 Å². The van der Waals surface area contributed by atoms with Crippen molar-refractivity contribution in [3.8, 4) is 0 Å². The van der Waals surface area contributed by atoms with Gasteiger partial charge in [-0.3, -0.25) is 24.7 Å². The minimum Gasteiger partial charge on any atom is -0.361 e. The van der Waals surface area contributed by atoms with E-state index in [-0.39, 0.29) is 53.1 Å². The zero-order valence-electron chi connectivity index (χ0n) is 34.7. The van der Waals surface area contributed by atoms with Crippen LogP contribution in [0.15, 0.2) is 60.7 Å². The standard InChI is InChI=1S/C47H57N9O3/c1-45(2,3)29-10-12-31(13-11-29)55-35(16-17-36(55)28-9-15-33-38(24-28)56(48)42(52-33)37-7-5-21-53(37)26-57)27-8-14-32-34(23-27)51-41(50-32)43-49-20-6-22-54(43)44(59)47-19-18-30-25-39(58)40(47)46(30,47)4/h8-15,23-24,26,30,35-37,40,42-43,49,52H,5-7,16-22,25,48H2,1-4H3,(H,50,51)/t30?,35-,36?,37+,40?,42?,43-,46?,47+/m1/s1. The molecule has 3 aliphatic carbocycles. The average molecular weight is 796 g/mol. The number of carbonyl (C=O) groups excluding carboxylic acids is 3. The molecular weight excluding hydrogens is 739 g/mol. The highest BCUT2D eigenvalue weighted by Crippen LogP contribution is 2.84. The number of rotatable bonds is 7.